The topological polar surface area (TPSA) is 52.0 Å². The maximum Gasteiger partial charge on any atom is 0.224 e. The molecule has 0 bridgehead atoms. The third-order valence-electron chi connectivity index (χ3n) is 2.55. The summed E-state index contributed by atoms with van der Waals surface area (Å²) in [6.45, 7) is 2.45. The Hall–Kier alpha value is -2.04. The highest BCUT2D eigenvalue weighted by molar-refractivity contribution is 5.28. The van der Waals surface area contributed by atoms with Crippen LogP contribution < -0.4 is 10.1 Å². The molecule has 0 spiro atoms. The molecular weight excluding hydrogens is 216 g/mol. The van der Waals surface area contributed by atoms with Crippen LogP contribution in [0.4, 0.5) is 5.95 Å². The first-order valence-electron chi connectivity index (χ1n) is 5.46. The molecule has 0 fully saturated rings. The largest absolute Gasteiger partial charge is 0.486 e. The van der Waals surface area contributed by atoms with Crippen LogP contribution in [0.2, 0.25) is 0 Å². The first-order chi connectivity index (χ1) is 8.20. The Kier molecular flexibility index (Phi) is 3.27. The molecule has 5 nitrogen and oxygen atoms in total. The van der Waals surface area contributed by atoms with Crippen molar-refractivity contribution in [2.75, 3.05) is 12.4 Å². The molecule has 0 aliphatic carbocycles. The smallest absolute Gasteiger partial charge is 0.224 e. The molecule has 0 amide bonds. The fraction of sp³-hybridized carbons (Fsp3) is 0.333. The van der Waals surface area contributed by atoms with Gasteiger partial charge in [0.05, 0.1) is 0 Å². The molecule has 0 aliphatic heterocycles. The minimum absolute atomic E-state index is 0.411. The second-order valence-corrected chi connectivity index (χ2v) is 3.85. The lowest BCUT2D eigenvalue weighted by Gasteiger charge is -2.06. The molecule has 90 valence electrons. The summed E-state index contributed by atoms with van der Waals surface area (Å²) in [5.41, 5.74) is 1.18. The quantitative estimate of drug-likeness (QED) is 0.872. The van der Waals surface area contributed by atoms with Gasteiger partial charge in [-0.2, -0.15) is 0 Å². The van der Waals surface area contributed by atoms with E-state index in [9.17, 15) is 0 Å². The van der Waals surface area contributed by atoms with Gasteiger partial charge in [-0.25, -0.2) is 0 Å². The lowest BCUT2D eigenvalue weighted by molar-refractivity contribution is 0.291. The molecule has 0 saturated carbocycles. The lowest BCUT2D eigenvalue weighted by atomic mass is 10.2. The van der Waals surface area contributed by atoms with Crippen molar-refractivity contribution in [3.05, 3.63) is 35.7 Å². The van der Waals surface area contributed by atoms with Gasteiger partial charge in [-0.15, -0.1) is 10.2 Å². The van der Waals surface area contributed by atoms with Crippen molar-refractivity contribution < 1.29 is 4.74 Å². The number of hydrogen-bond acceptors (Lipinski definition) is 4. The summed E-state index contributed by atoms with van der Waals surface area (Å²) in [5, 5.41) is 11.0. The van der Waals surface area contributed by atoms with Crippen molar-refractivity contribution >= 4 is 5.95 Å². The van der Waals surface area contributed by atoms with Crippen LogP contribution >= 0.6 is 0 Å². The van der Waals surface area contributed by atoms with Crippen LogP contribution in [0, 0.1) is 6.92 Å². The highest BCUT2D eigenvalue weighted by atomic mass is 16.5. The van der Waals surface area contributed by atoms with E-state index in [2.05, 4.69) is 15.5 Å². The SMILES string of the molecule is CNc1nnc(COc2cccc(C)c2)n1C. The van der Waals surface area contributed by atoms with Gasteiger partial charge in [0.15, 0.2) is 5.82 Å². The molecule has 0 aliphatic rings. The zero-order chi connectivity index (χ0) is 12.3. The lowest BCUT2D eigenvalue weighted by Crippen LogP contribution is -2.05. The Bertz CT molecular complexity index is 507. The van der Waals surface area contributed by atoms with Crippen LogP contribution in [0.1, 0.15) is 11.4 Å². The predicted octanol–water partition coefficient (Wildman–Crippen LogP) is 1.74. The molecular formula is C12H16N4O. The molecule has 0 saturated heterocycles. The predicted molar refractivity (Wildman–Crippen MR) is 66.1 cm³/mol. The van der Waals surface area contributed by atoms with E-state index in [0.717, 1.165) is 17.5 Å². The van der Waals surface area contributed by atoms with Gasteiger partial charge in [0.1, 0.15) is 12.4 Å². The minimum atomic E-state index is 0.411. The van der Waals surface area contributed by atoms with Crippen LogP contribution in [0.15, 0.2) is 24.3 Å². The number of nitrogens with one attached hydrogen (secondary N) is 1. The maximum atomic E-state index is 5.66. The Balaban J connectivity index is 2.05. The van der Waals surface area contributed by atoms with Gasteiger partial charge in [-0.05, 0) is 24.6 Å². The highest BCUT2D eigenvalue weighted by Crippen LogP contribution is 2.14. The van der Waals surface area contributed by atoms with Crippen molar-refractivity contribution in [3.8, 4) is 5.75 Å². The first-order valence-corrected chi connectivity index (χ1v) is 5.46. The Labute approximate surface area is 100 Å². The average molecular weight is 232 g/mol. The van der Waals surface area contributed by atoms with Crippen molar-refractivity contribution in [2.24, 2.45) is 7.05 Å². The van der Waals surface area contributed by atoms with E-state index in [1.165, 1.54) is 5.56 Å². The summed E-state index contributed by atoms with van der Waals surface area (Å²) < 4.78 is 7.53. The number of benzene rings is 1. The normalized spacial score (nSPS) is 10.3. The number of ether oxygens (including phenoxy) is 1. The zero-order valence-electron chi connectivity index (χ0n) is 10.3. The molecule has 1 aromatic heterocycles. The van der Waals surface area contributed by atoms with E-state index >= 15 is 0 Å². The van der Waals surface area contributed by atoms with E-state index < -0.39 is 0 Å². The number of aryl methyl sites for hydroxylation is 1. The van der Waals surface area contributed by atoms with E-state index in [0.29, 0.717) is 6.61 Å². The number of aromatic nitrogens is 3. The molecule has 0 atom stereocenters. The fourth-order valence-electron chi connectivity index (χ4n) is 1.56. The standard InChI is InChI=1S/C12H16N4O/c1-9-5-4-6-10(7-9)17-8-11-14-15-12(13-2)16(11)3/h4-7H,8H2,1-3H3,(H,13,15). The zero-order valence-corrected chi connectivity index (χ0v) is 10.3. The van der Waals surface area contributed by atoms with Crippen molar-refractivity contribution in [1.82, 2.24) is 14.8 Å². The van der Waals surface area contributed by atoms with Crippen LogP contribution in [-0.2, 0) is 13.7 Å². The summed E-state index contributed by atoms with van der Waals surface area (Å²) in [5.74, 6) is 2.36. The van der Waals surface area contributed by atoms with Crippen LogP contribution in [0.25, 0.3) is 0 Å². The van der Waals surface area contributed by atoms with E-state index in [-0.39, 0.29) is 0 Å². The van der Waals surface area contributed by atoms with E-state index in [1.54, 1.807) is 0 Å². The first kappa shape index (κ1) is 11.4. The molecule has 2 rings (SSSR count). The van der Waals surface area contributed by atoms with Gasteiger partial charge in [-0.1, -0.05) is 12.1 Å². The minimum Gasteiger partial charge on any atom is -0.486 e. The molecule has 5 heteroatoms. The van der Waals surface area contributed by atoms with Gasteiger partial charge in [-0.3, -0.25) is 4.57 Å². The third kappa shape index (κ3) is 2.55. The van der Waals surface area contributed by atoms with Gasteiger partial charge in [0.2, 0.25) is 5.95 Å². The fourth-order valence-corrected chi connectivity index (χ4v) is 1.56. The molecule has 1 aromatic carbocycles. The molecule has 2 aromatic rings. The second kappa shape index (κ2) is 4.86. The Morgan fingerprint density at radius 2 is 2.18 bits per heavy atom. The maximum absolute atomic E-state index is 5.66. The van der Waals surface area contributed by atoms with Crippen molar-refractivity contribution in [2.45, 2.75) is 13.5 Å². The van der Waals surface area contributed by atoms with Crippen LogP contribution in [0.5, 0.6) is 5.75 Å². The average Bonchev–Trinajstić information content (AvgIpc) is 2.67. The van der Waals surface area contributed by atoms with E-state index in [1.807, 2.05) is 49.9 Å². The number of anilines is 1. The van der Waals surface area contributed by atoms with Gasteiger partial charge < -0.3 is 10.1 Å². The van der Waals surface area contributed by atoms with Crippen molar-refractivity contribution in [3.63, 3.8) is 0 Å². The summed E-state index contributed by atoms with van der Waals surface area (Å²) in [6, 6.07) is 7.94. The Morgan fingerprint density at radius 1 is 1.35 bits per heavy atom. The summed E-state index contributed by atoms with van der Waals surface area (Å²) in [6.07, 6.45) is 0. The van der Waals surface area contributed by atoms with Gasteiger partial charge in [0.25, 0.3) is 0 Å². The monoisotopic (exact) mass is 232 g/mol. The van der Waals surface area contributed by atoms with Crippen LogP contribution in [0.3, 0.4) is 0 Å². The van der Waals surface area contributed by atoms with Gasteiger partial charge in [0, 0.05) is 14.1 Å². The summed E-state index contributed by atoms with van der Waals surface area (Å²) >= 11 is 0. The third-order valence-corrected chi connectivity index (χ3v) is 2.55. The molecule has 1 heterocycles. The number of hydrogen-bond donors (Lipinski definition) is 1. The van der Waals surface area contributed by atoms with Crippen molar-refractivity contribution in [1.29, 1.82) is 0 Å². The summed E-state index contributed by atoms with van der Waals surface area (Å²) in [7, 11) is 3.72. The summed E-state index contributed by atoms with van der Waals surface area (Å²) in [4.78, 5) is 0. The second-order valence-electron chi connectivity index (χ2n) is 3.85. The van der Waals surface area contributed by atoms with Crippen LogP contribution in [-0.4, -0.2) is 21.8 Å². The van der Waals surface area contributed by atoms with Gasteiger partial charge >= 0.3 is 0 Å². The number of nitrogens with zero attached hydrogens (tertiary/aromatic N) is 3. The molecule has 17 heavy (non-hydrogen) atoms. The Morgan fingerprint density at radius 3 is 2.82 bits per heavy atom. The molecule has 0 radical (unpaired) electrons. The molecule has 1 N–H and O–H groups in total. The van der Waals surface area contributed by atoms with E-state index in [4.69, 9.17) is 4.74 Å². The number of rotatable bonds is 4. The highest BCUT2D eigenvalue weighted by Gasteiger charge is 2.07. The molecule has 0 unspecified atom stereocenters.